The third kappa shape index (κ3) is 5.26. The van der Waals surface area contributed by atoms with Gasteiger partial charge in [0.2, 0.25) is 5.13 Å². The van der Waals surface area contributed by atoms with Crippen LogP contribution in [-0.2, 0) is 5.75 Å². The summed E-state index contributed by atoms with van der Waals surface area (Å²) in [6, 6.07) is 23.0. The Balaban J connectivity index is 1.54. The van der Waals surface area contributed by atoms with Crippen LogP contribution in [0.5, 0.6) is 5.75 Å². The normalized spacial score (nSPS) is 11.8. The molecule has 1 N–H and O–H groups in total. The zero-order valence-corrected chi connectivity index (χ0v) is 22.1. The van der Waals surface area contributed by atoms with Crippen molar-refractivity contribution in [3.05, 3.63) is 99.4 Å². The molecule has 0 saturated heterocycles. The van der Waals surface area contributed by atoms with E-state index >= 15 is 0 Å². The number of para-hydroxylation sites is 1. The minimum absolute atomic E-state index is 0.173. The number of aliphatic imine (C=N–C) groups is 1. The summed E-state index contributed by atoms with van der Waals surface area (Å²) in [7, 11) is 0. The zero-order valence-electron chi connectivity index (χ0n) is 19.7. The van der Waals surface area contributed by atoms with Gasteiger partial charge in [-0.2, -0.15) is 4.68 Å². The van der Waals surface area contributed by atoms with Gasteiger partial charge < -0.3 is 4.74 Å². The van der Waals surface area contributed by atoms with E-state index in [9.17, 15) is 4.79 Å². The number of aromatic amines is 1. The number of halogens is 1. The van der Waals surface area contributed by atoms with Crippen molar-refractivity contribution in [1.29, 1.82) is 0 Å². The van der Waals surface area contributed by atoms with Gasteiger partial charge >= 0.3 is 0 Å². The lowest BCUT2D eigenvalue weighted by Crippen LogP contribution is -2.19. The maximum Gasteiger partial charge on any atom is 0.282 e. The molecule has 0 aliphatic carbocycles. The van der Waals surface area contributed by atoms with Crippen molar-refractivity contribution >= 4 is 56.3 Å². The van der Waals surface area contributed by atoms with E-state index in [1.54, 1.807) is 11.8 Å². The molecule has 0 spiro atoms. The summed E-state index contributed by atoms with van der Waals surface area (Å²) in [5, 5.41) is 4.59. The Morgan fingerprint density at radius 3 is 2.58 bits per heavy atom. The smallest absolute Gasteiger partial charge is 0.282 e. The summed E-state index contributed by atoms with van der Waals surface area (Å²) < 4.78 is 8.07. The molecule has 0 atom stereocenters. The maximum atomic E-state index is 13.7. The van der Waals surface area contributed by atoms with Gasteiger partial charge in [0.25, 0.3) is 5.56 Å². The number of aromatic nitrogens is 3. The molecule has 0 aliphatic heterocycles. The number of fused-ring (bicyclic) bond motifs is 1. The van der Waals surface area contributed by atoms with Crippen LogP contribution in [0.3, 0.4) is 0 Å². The highest BCUT2D eigenvalue weighted by Crippen LogP contribution is 2.28. The third-order valence-corrected chi connectivity index (χ3v) is 7.75. The Morgan fingerprint density at radius 1 is 1.11 bits per heavy atom. The van der Waals surface area contributed by atoms with Gasteiger partial charge in [-0.15, -0.1) is 11.8 Å². The van der Waals surface area contributed by atoms with Gasteiger partial charge in [-0.3, -0.25) is 14.9 Å². The molecule has 0 bridgehead atoms. The van der Waals surface area contributed by atoms with Crippen LogP contribution in [0.25, 0.3) is 15.3 Å². The second-order valence-electron chi connectivity index (χ2n) is 7.94. The summed E-state index contributed by atoms with van der Waals surface area (Å²) in [4.78, 5) is 24.1. The first-order valence-electron chi connectivity index (χ1n) is 11.4. The number of nitrogens with zero attached hydrogens (tertiary/aromatic N) is 3. The van der Waals surface area contributed by atoms with E-state index in [0.717, 1.165) is 32.2 Å². The summed E-state index contributed by atoms with van der Waals surface area (Å²) in [6.07, 6.45) is 0. The summed E-state index contributed by atoms with van der Waals surface area (Å²) in [5.41, 5.74) is 3.40. The van der Waals surface area contributed by atoms with E-state index in [0.29, 0.717) is 33.8 Å². The van der Waals surface area contributed by atoms with Crippen molar-refractivity contribution in [3.8, 4) is 10.9 Å². The van der Waals surface area contributed by atoms with Gasteiger partial charge in [-0.25, -0.2) is 4.98 Å². The topological polar surface area (TPSA) is 72.3 Å². The molecule has 0 amide bonds. The molecular formula is C27H23ClN4O2S2. The van der Waals surface area contributed by atoms with Gasteiger partial charge in [0, 0.05) is 15.7 Å². The lowest BCUT2D eigenvalue weighted by atomic mass is 10.1. The number of thioether (sulfide) groups is 1. The van der Waals surface area contributed by atoms with Gasteiger partial charge in [0.1, 0.15) is 5.75 Å². The quantitative estimate of drug-likeness (QED) is 0.168. The average Bonchev–Trinajstić information content (AvgIpc) is 3.45. The first-order valence-corrected chi connectivity index (χ1v) is 13.6. The second kappa shape index (κ2) is 10.7. The number of ether oxygens (including phenoxy) is 1. The molecular weight excluding hydrogens is 512 g/mol. The minimum Gasteiger partial charge on any atom is -0.494 e. The standard InChI is InChI=1S/C27H23ClN4O2S2/c1-3-34-20-12-10-19(11-13-20)29-17(2)25-23(16-35-21-14-8-18(28)9-15-21)31-32(26(25)33)27-30-22-6-4-5-7-24(22)36-27/h4-15,31H,3,16H2,1-2H3. The van der Waals surface area contributed by atoms with Crippen LogP contribution < -0.4 is 10.3 Å². The highest BCUT2D eigenvalue weighted by Gasteiger charge is 2.20. The van der Waals surface area contributed by atoms with E-state index < -0.39 is 0 Å². The molecule has 36 heavy (non-hydrogen) atoms. The summed E-state index contributed by atoms with van der Waals surface area (Å²) in [6.45, 7) is 4.41. The monoisotopic (exact) mass is 534 g/mol. The van der Waals surface area contributed by atoms with Gasteiger partial charge in [0.15, 0.2) is 0 Å². The van der Waals surface area contributed by atoms with Crippen LogP contribution in [0.2, 0.25) is 5.02 Å². The van der Waals surface area contributed by atoms with Crippen molar-refractivity contribution in [2.24, 2.45) is 4.99 Å². The predicted molar refractivity (Wildman–Crippen MR) is 150 cm³/mol. The molecule has 2 heterocycles. The second-order valence-corrected chi connectivity index (χ2v) is 10.4. The van der Waals surface area contributed by atoms with Crippen molar-refractivity contribution < 1.29 is 4.74 Å². The fourth-order valence-corrected chi connectivity index (χ4v) is 5.67. The van der Waals surface area contributed by atoms with Gasteiger partial charge in [0.05, 0.1) is 39.5 Å². The van der Waals surface area contributed by atoms with Crippen LogP contribution in [0.4, 0.5) is 5.69 Å². The summed E-state index contributed by atoms with van der Waals surface area (Å²) >= 11 is 9.12. The fraction of sp³-hybridized carbons (Fsp3) is 0.148. The van der Waals surface area contributed by atoms with Crippen LogP contribution in [-0.4, -0.2) is 27.1 Å². The average molecular weight is 535 g/mol. The first kappa shape index (κ1) is 24.4. The largest absolute Gasteiger partial charge is 0.494 e. The minimum atomic E-state index is -0.173. The van der Waals surface area contributed by atoms with E-state index in [1.165, 1.54) is 16.0 Å². The van der Waals surface area contributed by atoms with Crippen LogP contribution in [0.1, 0.15) is 25.1 Å². The molecule has 0 unspecified atom stereocenters. The third-order valence-electron chi connectivity index (χ3n) is 5.44. The predicted octanol–water partition coefficient (Wildman–Crippen LogP) is 7.26. The van der Waals surface area contributed by atoms with E-state index in [1.807, 2.05) is 86.6 Å². The van der Waals surface area contributed by atoms with E-state index in [2.05, 4.69) is 10.1 Å². The van der Waals surface area contributed by atoms with Crippen LogP contribution in [0.15, 0.2) is 87.5 Å². The summed E-state index contributed by atoms with van der Waals surface area (Å²) in [5.74, 6) is 1.34. The van der Waals surface area contributed by atoms with Crippen LogP contribution in [0, 0.1) is 0 Å². The van der Waals surface area contributed by atoms with Crippen molar-refractivity contribution in [2.75, 3.05) is 6.61 Å². The lowest BCUT2D eigenvalue weighted by molar-refractivity contribution is 0.340. The van der Waals surface area contributed by atoms with E-state index in [-0.39, 0.29) is 5.56 Å². The molecule has 0 fully saturated rings. The van der Waals surface area contributed by atoms with Crippen molar-refractivity contribution in [3.63, 3.8) is 0 Å². The molecule has 3 aromatic carbocycles. The molecule has 2 aromatic heterocycles. The number of thiazole rings is 1. The molecule has 182 valence electrons. The number of benzene rings is 3. The Morgan fingerprint density at radius 2 is 1.86 bits per heavy atom. The zero-order chi connectivity index (χ0) is 25.1. The van der Waals surface area contributed by atoms with Gasteiger partial charge in [-0.1, -0.05) is 35.1 Å². The molecule has 9 heteroatoms. The Bertz CT molecular complexity index is 1550. The molecule has 0 aliphatic rings. The number of H-pyrrole nitrogens is 1. The molecule has 5 rings (SSSR count). The fourth-order valence-electron chi connectivity index (χ4n) is 3.77. The Kier molecular flexibility index (Phi) is 7.27. The van der Waals surface area contributed by atoms with Gasteiger partial charge in [-0.05, 0) is 74.5 Å². The highest BCUT2D eigenvalue weighted by atomic mass is 35.5. The maximum absolute atomic E-state index is 13.7. The van der Waals surface area contributed by atoms with E-state index in [4.69, 9.17) is 21.3 Å². The Hall–Kier alpha value is -3.33. The molecule has 0 saturated carbocycles. The number of hydrogen-bond acceptors (Lipinski definition) is 6. The lowest BCUT2D eigenvalue weighted by Gasteiger charge is -2.05. The number of nitrogens with one attached hydrogen (secondary N) is 1. The molecule has 6 nitrogen and oxygen atoms in total. The number of rotatable bonds is 8. The van der Waals surface area contributed by atoms with Crippen molar-refractivity contribution in [1.82, 2.24) is 14.8 Å². The highest BCUT2D eigenvalue weighted by molar-refractivity contribution is 7.98. The molecule has 0 radical (unpaired) electrons. The van der Waals surface area contributed by atoms with Crippen LogP contribution >= 0.6 is 34.7 Å². The first-order chi connectivity index (χ1) is 17.5. The number of hydrogen-bond donors (Lipinski definition) is 1. The van der Waals surface area contributed by atoms with Crippen molar-refractivity contribution in [2.45, 2.75) is 24.5 Å². The Labute approximate surface area is 221 Å². The SMILES string of the molecule is CCOc1ccc(N=C(C)c2c(CSc3ccc(Cl)cc3)[nH]n(-c3nc4ccccc4s3)c2=O)cc1. The molecule has 5 aromatic rings.